The molecular weight excluding hydrogens is 607 g/mol. The van der Waals surface area contributed by atoms with Gasteiger partial charge in [-0.05, 0) is 74.1 Å². The van der Waals surface area contributed by atoms with Crippen LogP contribution in [0.3, 0.4) is 0 Å². The molecule has 1 fully saturated rings. The van der Waals surface area contributed by atoms with Gasteiger partial charge in [0.2, 0.25) is 11.8 Å². The van der Waals surface area contributed by atoms with Crippen LogP contribution in [-0.2, 0) is 32.6 Å². The van der Waals surface area contributed by atoms with Crippen LogP contribution in [0.5, 0.6) is 0 Å². The monoisotopic (exact) mass is 651 g/mol. The topological polar surface area (TPSA) is 86.8 Å². The summed E-state index contributed by atoms with van der Waals surface area (Å²) in [5, 5.41) is 3.26. The number of anilines is 1. The van der Waals surface area contributed by atoms with E-state index in [1.54, 1.807) is 29.2 Å². The first kappa shape index (κ1) is 33.9. The van der Waals surface area contributed by atoms with Crippen molar-refractivity contribution in [3.63, 3.8) is 0 Å². The van der Waals surface area contributed by atoms with Gasteiger partial charge in [0.15, 0.2) is 0 Å². The Morgan fingerprint density at radius 1 is 0.766 bits per heavy atom. The van der Waals surface area contributed by atoms with Crippen molar-refractivity contribution in [1.29, 1.82) is 0 Å². The molecular formula is C39H45N3O4S. The Labute approximate surface area is 279 Å². The molecule has 1 aliphatic carbocycles. The summed E-state index contributed by atoms with van der Waals surface area (Å²) in [6.07, 6.45) is 5.38. The SMILES string of the molecule is Cc1cccc(CN(C(=O)CN(c2cc(C)ccc2C)S(=O)(=O)c2ccccc2)[C@@H](Cc2ccccc2)C(=O)NC2CCCCC2)c1. The van der Waals surface area contributed by atoms with Crippen LogP contribution in [0.2, 0.25) is 0 Å². The first-order valence-electron chi connectivity index (χ1n) is 16.5. The maximum Gasteiger partial charge on any atom is 0.264 e. The largest absolute Gasteiger partial charge is 0.352 e. The summed E-state index contributed by atoms with van der Waals surface area (Å²) < 4.78 is 29.8. The van der Waals surface area contributed by atoms with Crippen molar-refractivity contribution in [2.75, 3.05) is 10.8 Å². The van der Waals surface area contributed by atoms with Crippen molar-refractivity contribution in [2.45, 2.75) is 82.8 Å². The van der Waals surface area contributed by atoms with Crippen molar-refractivity contribution in [3.8, 4) is 0 Å². The molecule has 2 amide bonds. The number of amides is 2. The quantitative estimate of drug-likeness (QED) is 0.181. The van der Waals surface area contributed by atoms with Crippen molar-refractivity contribution >= 4 is 27.5 Å². The Morgan fingerprint density at radius 2 is 1.40 bits per heavy atom. The third-order valence-electron chi connectivity index (χ3n) is 8.90. The van der Waals surface area contributed by atoms with Crippen LogP contribution in [-0.4, -0.2) is 43.8 Å². The molecule has 0 heterocycles. The molecule has 0 spiro atoms. The summed E-state index contributed by atoms with van der Waals surface area (Å²) in [7, 11) is -4.14. The normalized spacial score (nSPS) is 14.3. The Morgan fingerprint density at radius 3 is 2.09 bits per heavy atom. The van der Waals surface area contributed by atoms with E-state index in [2.05, 4.69) is 5.32 Å². The highest BCUT2D eigenvalue weighted by molar-refractivity contribution is 7.92. The fourth-order valence-electron chi connectivity index (χ4n) is 6.33. The lowest BCUT2D eigenvalue weighted by Gasteiger charge is -2.35. The molecule has 0 aromatic heterocycles. The molecule has 7 nitrogen and oxygen atoms in total. The van der Waals surface area contributed by atoms with Gasteiger partial charge in [-0.25, -0.2) is 8.42 Å². The third-order valence-corrected chi connectivity index (χ3v) is 10.7. The number of aryl methyl sites for hydroxylation is 3. The van der Waals surface area contributed by atoms with Gasteiger partial charge in [0.05, 0.1) is 10.6 Å². The first-order chi connectivity index (χ1) is 22.6. The summed E-state index contributed by atoms with van der Waals surface area (Å²) >= 11 is 0. The van der Waals surface area contributed by atoms with Gasteiger partial charge in [0.1, 0.15) is 12.6 Å². The van der Waals surface area contributed by atoms with E-state index in [1.807, 2.05) is 87.5 Å². The first-order valence-corrected chi connectivity index (χ1v) is 17.9. The molecule has 8 heteroatoms. The summed E-state index contributed by atoms with van der Waals surface area (Å²) in [4.78, 5) is 30.7. The number of hydrogen-bond donors (Lipinski definition) is 1. The zero-order valence-electron chi connectivity index (χ0n) is 27.6. The van der Waals surface area contributed by atoms with Gasteiger partial charge >= 0.3 is 0 Å². The Kier molecular flexibility index (Phi) is 11.1. The maximum absolute atomic E-state index is 14.8. The molecule has 47 heavy (non-hydrogen) atoms. The summed E-state index contributed by atoms with van der Waals surface area (Å²) in [6, 6.07) is 30.5. The summed E-state index contributed by atoms with van der Waals surface area (Å²) in [6.45, 7) is 5.42. The number of hydrogen-bond acceptors (Lipinski definition) is 4. The number of carbonyl (C=O) groups is 2. The van der Waals surface area contributed by atoms with Gasteiger partial charge in [-0.1, -0.05) is 110 Å². The number of nitrogens with one attached hydrogen (secondary N) is 1. The number of benzene rings is 4. The molecule has 1 saturated carbocycles. The molecule has 0 bridgehead atoms. The van der Waals surface area contributed by atoms with Crippen molar-refractivity contribution in [3.05, 3.63) is 131 Å². The van der Waals surface area contributed by atoms with E-state index in [1.165, 1.54) is 16.4 Å². The summed E-state index contributed by atoms with van der Waals surface area (Å²) in [5.41, 5.74) is 4.85. The van der Waals surface area contributed by atoms with Crippen LogP contribution in [0, 0.1) is 20.8 Å². The molecule has 0 saturated heterocycles. The molecule has 0 aliphatic heterocycles. The molecule has 4 aromatic carbocycles. The molecule has 0 radical (unpaired) electrons. The smallest absolute Gasteiger partial charge is 0.264 e. The zero-order chi connectivity index (χ0) is 33.4. The van der Waals surface area contributed by atoms with Crippen LogP contribution in [0.25, 0.3) is 0 Å². The molecule has 1 N–H and O–H groups in total. The Bertz CT molecular complexity index is 1770. The molecule has 1 aliphatic rings. The number of sulfonamides is 1. The van der Waals surface area contributed by atoms with Gasteiger partial charge in [-0.2, -0.15) is 0 Å². The Balaban J connectivity index is 1.58. The van der Waals surface area contributed by atoms with Gasteiger partial charge in [-0.3, -0.25) is 13.9 Å². The lowest BCUT2D eigenvalue weighted by atomic mass is 9.94. The predicted octanol–water partition coefficient (Wildman–Crippen LogP) is 6.90. The second-order valence-corrected chi connectivity index (χ2v) is 14.5. The van der Waals surface area contributed by atoms with Crippen LogP contribution >= 0.6 is 0 Å². The van der Waals surface area contributed by atoms with Crippen molar-refractivity contribution in [2.24, 2.45) is 0 Å². The van der Waals surface area contributed by atoms with Crippen LogP contribution in [0.4, 0.5) is 5.69 Å². The van der Waals surface area contributed by atoms with Crippen molar-refractivity contribution in [1.82, 2.24) is 10.2 Å². The van der Waals surface area contributed by atoms with Gasteiger partial charge in [0.25, 0.3) is 10.0 Å². The predicted molar refractivity (Wildman–Crippen MR) is 188 cm³/mol. The number of nitrogens with zero attached hydrogens (tertiary/aromatic N) is 2. The second-order valence-electron chi connectivity index (χ2n) is 12.7. The van der Waals surface area contributed by atoms with E-state index in [0.717, 1.165) is 59.9 Å². The highest BCUT2D eigenvalue weighted by Gasteiger charge is 2.35. The van der Waals surface area contributed by atoms with E-state index in [0.29, 0.717) is 12.1 Å². The summed E-state index contributed by atoms with van der Waals surface area (Å²) in [5.74, 6) is -0.669. The minimum atomic E-state index is -4.14. The number of carbonyl (C=O) groups excluding carboxylic acids is 2. The third kappa shape index (κ3) is 8.69. The molecule has 246 valence electrons. The van der Waals surface area contributed by atoms with Crippen LogP contribution < -0.4 is 9.62 Å². The number of rotatable bonds is 12. The molecule has 4 aromatic rings. The average Bonchev–Trinajstić information content (AvgIpc) is 3.07. The maximum atomic E-state index is 14.8. The lowest BCUT2D eigenvalue weighted by molar-refractivity contribution is -0.140. The van der Waals surface area contributed by atoms with Gasteiger partial charge < -0.3 is 10.2 Å². The second kappa shape index (κ2) is 15.4. The van der Waals surface area contributed by atoms with Crippen molar-refractivity contribution < 1.29 is 18.0 Å². The molecule has 1 atom stereocenters. The van der Waals surface area contributed by atoms with Crippen LogP contribution in [0.15, 0.2) is 108 Å². The lowest BCUT2D eigenvalue weighted by Crippen LogP contribution is -2.55. The highest BCUT2D eigenvalue weighted by atomic mass is 32.2. The van der Waals surface area contributed by atoms with E-state index >= 15 is 0 Å². The minimum Gasteiger partial charge on any atom is -0.352 e. The van der Waals surface area contributed by atoms with E-state index in [-0.39, 0.29) is 23.4 Å². The molecule has 5 rings (SSSR count). The fraction of sp³-hybridized carbons (Fsp3) is 0.333. The highest BCUT2D eigenvalue weighted by Crippen LogP contribution is 2.29. The Hall–Kier alpha value is -4.43. The minimum absolute atomic E-state index is 0.0512. The van der Waals surface area contributed by atoms with E-state index in [9.17, 15) is 18.0 Å². The standard InChI is InChI=1S/C39H45N3O4S/c1-29-14-13-17-33(24-29)27-41(37(26-32-15-7-4-8-16-32)39(44)40-34-18-9-5-10-19-34)38(43)28-42(36-25-30(2)22-23-31(36)3)47(45,46)35-20-11-6-12-21-35/h4,6-8,11-17,20-25,34,37H,5,9-10,18-19,26-28H2,1-3H3,(H,40,44)/t37-/m0/s1. The molecule has 0 unspecified atom stereocenters. The van der Waals surface area contributed by atoms with E-state index in [4.69, 9.17) is 0 Å². The van der Waals surface area contributed by atoms with Gasteiger partial charge in [0, 0.05) is 19.0 Å². The average molecular weight is 652 g/mol. The van der Waals surface area contributed by atoms with Gasteiger partial charge in [-0.15, -0.1) is 0 Å². The van der Waals surface area contributed by atoms with Crippen LogP contribution in [0.1, 0.15) is 59.9 Å². The zero-order valence-corrected chi connectivity index (χ0v) is 28.4. The fourth-order valence-corrected chi connectivity index (χ4v) is 7.82. The van der Waals surface area contributed by atoms with E-state index < -0.39 is 28.5 Å².